The lowest BCUT2D eigenvalue weighted by molar-refractivity contribution is -0.161. The number of carbonyl (C=O) groups is 4. The van der Waals surface area contributed by atoms with Crippen LogP contribution in [0.2, 0.25) is 0 Å². The number of nitrogens with zero attached hydrogens (tertiary/aromatic N) is 2. The summed E-state index contributed by atoms with van der Waals surface area (Å²) >= 11 is 0. The smallest absolute Gasteiger partial charge is 0.331 e. The Kier molecular flexibility index (Phi) is 6.93. The van der Waals surface area contributed by atoms with Gasteiger partial charge in [0.25, 0.3) is 11.8 Å². The Hall–Kier alpha value is -4.50. The molecular formula is C29H27N3O6. The third kappa shape index (κ3) is 4.20. The van der Waals surface area contributed by atoms with Crippen molar-refractivity contribution in [1.82, 2.24) is 15.3 Å². The molecule has 5 rings (SSSR count). The topological polar surface area (TPSA) is 105 Å². The van der Waals surface area contributed by atoms with E-state index >= 15 is 0 Å². The second-order valence-electron chi connectivity index (χ2n) is 9.11. The van der Waals surface area contributed by atoms with Gasteiger partial charge in [-0.05, 0) is 23.3 Å². The number of hydrazine groups is 1. The average molecular weight is 514 g/mol. The molecule has 2 saturated heterocycles. The predicted octanol–water partition coefficient (Wildman–Crippen LogP) is 2.67. The number of methoxy groups -OCH3 is 2. The van der Waals surface area contributed by atoms with Gasteiger partial charge in [-0.2, -0.15) is 5.01 Å². The van der Waals surface area contributed by atoms with E-state index < -0.39 is 53.8 Å². The van der Waals surface area contributed by atoms with Crippen LogP contribution in [0.1, 0.15) is 33.6 Å². The standard InChI is InChI=1S/C29H27N3O6/c1-37-28(35)21-23(18-12-6-3-7-13-18)31-24(19-14-8-4-9-15-19)22(27(34)32(31)25(21)29(36)38-2)30-26(33)20-16-10-5-11-17-20/h3-17,21-25H,1-2H3,(H,30,33)/t21-,22-,23+,24-,25-/m0/s1. The van der Waals surface area contributed by atoms with Crippen LogP contribution in [0.25, 0.3) is 0 Å². The van der Waals surface area contributed by atoms with Gasteiger partial charge in [-0.15, -0.1) is 0 Å². The number of ether oxygens (including phenoxy) is 2. The molecule has 9 heteroatoms. The first kappa shape index (κ1) is 25.2. The molecule has 3 aromatic carbocycles. The van der Waals surface area contributed by atoms with Gasteiger partial charge in [-0.1, -0.05) is 78.9 Å². The largest absolute Gasteiger partial charge is 0.469 e. The summed E-state index contributed by atoms with van der Waals surface area (Å²) < 4.78 is 10.2. The third-order valence-corrected chi connectivity index (χ3v) is 7.09. The van der Waals surface area contributed by atoms with Gasteiger partial charge in [0.1, 0.15) is 12.0 Å². The first-order valence-corrected chi connectivity index (χ1v) is 12.2. The number of nitrogens with one attached hydrogen (secondary N) is 1. The van der Waals surface area contributed by atoms with Crippen molar-refractivity contribution in [3.05, 3.63) is 108 Å². The van der Waals surface area contributed by atoms with Crippen LogP contribution in [-0.4, -0.2) is 60.1 Å². The Balaban J connectivity index is 1.68. The van der Waals surface area contributed by atoms with Gasteiger partial charge in [-0.3, -0.25) is 19.4 Å². The normalized spacial score (nSPS) is 24.5. The molecule has 0 bridgehead atoms. The minimum Gasteiger partial charge on any atom is -0.469 e. The molecule has 2 amide bonds. The molecule has 1 N–H and O–H groups in total. The zero-order chi connectivity index (χ0) is 26.8. The molecule has 0 saturated carbocycles. The van der Waals surface area contributed by atoms with Crippen LogP contribution in [0.5, 0.6) is 0 Å². The van der Waals surface area contributed by atoms with E-state index in [0.29, 0.717) is 11.1 Å². The lowest BCUT2D eigenvalue weighted by atomic mass is 9.86. The Morgan fingerprint density at radius 3 is 1.74 bits per heavy atom. The van der Waals surface area contributed by atoms with Crippen LogP contribution in [0.4, 0.5) is 0 Å². The highest BCUT2D eigenvalue weighted by Crippen LogP contribution is 2.51. The molecule has 9 nitrogen and oxygen atoms in total. The SMILES string of the molecule is COC(=O)[C@@H]1[C@@H](C(=O)OC)N2C(=O)[C@@H](NC(=O)c3ccccc3)[C@H](c3ccccc3)N2[C@@H]1c1ccccc1. The molecule has 2 aliphatic heterocycles. The fourth-order valence-electron chi connectivity index (χ4n) is 5.48. The number of carbonyl (C=O) groups excluding carboxylic acids is 4. The summed E-state index contributed by atoms with van der Waals surface area (Å²) in [6.45, 7) is 0. The molecule has 5 atom stereocenters. The highest BCUT2D eigenvalue weighted by Gasteiger charge is 2.65. The molecule has 0 unspecified atom stereocenters. The maximum Gasteiger partial charge on any atom is 0.331 e. The number of fused-ring (bicyclic) bond motifs is 1. The molecule has 2 aliphatic rings. The van der Waals surface area contributed by atoms with Gasteiger partial charge in [0.05, 0.1) is 26.3 Å². The molecule has 194 valence electrons. The van der Waals surface area contributed by atoms with E-state index in [4.69, 9.17) is 9.47 Å². The molecule has 0 aliphatic carbocycles. The van der Waals surface area contributed by atoms with Gasteiger partial charge in [0.15, 0.2) is 6.04 Å². The van der Waals surface area contributed by atoms with Gasteiger partial charge >= 0.3 is 11.9 Å². The predicted molar refractivity (Wildman–Crippen MR) is 136 cm³/mol. The summed E-state index contributed by atoms with van der Waals surface area (Å²) in [5.74, 6) is -3.41. The van der Waals surface area contributed by atoms with E-state index in [0.717, 1.165) is 5.56 Å². The molecular weight excluding hydrogens is 486 g/mol. The van der Waals surface area contributed by atoms with E-state index in [1.165, 1.54) is 19.2 Å². The Morgan fingerprint density at radius 1 is 0.711 bits per heavy atom. The van der Waals surface area contributed by atoms with Crippen LogP contribution in [0.15, 0.2) is 91.0 Å². The number of benzene rings is 3. The fourth-order valence-corrected chi connectivity index (χ4v) is 5.48. The van der Waals surface area contributed by atoms with E-state index in [-0.39, 0.29) is 0 Å². The van der Waals surface area contributed by atoms with Crippen LogP contribution < -0.4 is 5.32 Å². The first-order chi connectivity index (χ1) is 18.5. The fraction of sp³-hybridized carbons (Fsp3) is 0.241. The zero-order valence-electron chi connectivity index (χ0n) is 20.9. The molecule has 3 aromatic rings. The van der Waals surface area contributed by atoms with E-state index in [2.05, 4.69) is 5.32 Å². The molecule has 2 heterocycles. The van der Waals surface area contributed by atoms with Gasteiger partial charge in [0.2, 0.25) is 0 Å². The van der Waals surface area contributed by atoms with Gasteiger partial charge < -0.3 is 14.8 Å². The first-order valence-electron chi connectivity index (χ1n) is 12.2. The number of hydrogen-bond donors (Lipinski definition) is 1. The Morgan fingerprint density at radius 2 is 1.21 bits per heavy atom. The zero-order valence-corrected chi connectivity index (χ0v) is 20.9. The van der Waals surface area contributed by atoms with Crippen molar-refractivity contribution in [2.24, 2.45) is 5.92 Å². The van der Waals surface area contributed by atoms with Crippen LogP contribution in [0, 0.1) is 5.92 Å². The second-order valence-corrected chi connectivity index (χ2v) is 9.11. The minimum atomic E-state index is -1.28. The van der Waals surface area contributed by atoms with Crippen molar-refractivity contribution in [1.29, 1.82) is 0 Å². The van der Waals surface area contributed by atoms with Crippen LogP contribution in [-0.2, 0) is 23.9 Å². The van der Waals surface area contributed by atoms with Crippen molar-refractivity contribution in [3.8, 4) is 0 Å². The van der Waals surface area contributed by atoms with Crippen LogP contribution in [0.3, 0.4) is 0 Å². The lowest BCUT2D eigenvalue weighted by Crippen LogP contribution is -2.50. The Labute approximate surface area is 219 Å². The summed E-state index contributed by atoms with van der Waals surface area (Å²) in [7, 11) is 2.46. The van der Waals surface area contributed by atoms with Gasteiger partial charge in [0, 0.05) is 5.56 Å². The molecule has 0 radical (unpaired) electrons. The Bertz CT molecular complexity index is 1330. The summed E-state index contributed by atoms with van der Waals surface area (Å²) in [5.41, 5.74) is 1.84. The number of rotatable bonds is 6. The third-order valence-electron chi connectivity index (χ3n) is 7.09. The maximum atomic E-state index is 14.1. The second kappa shape index (κ2) is 10.5. The highest BCUT2D eigenvalue weighted by atomic mass is 16.5. The number of hydrogen-bond acceptors (Lipinski definition) is 7. The van der Waals surface area contributed by atoms with E-state index in [1.54, 1.807) is 35.3 Å². The van der Waals surface area contributed by atoms with Crippen LogP contribution >= 0.6 is 0 Å². The van der Waals surface area contributed by atoms with E-state index in [9.17, 15) is 19.2 Å². The lowest BCUT2D eigenvalue weighted by Gasteiger charge is -2.33. The van der Waals surface area contributed by atoms with Crippen molar-refractivity contribution in [2.45, 2.75) is 24.2 Å². The van der Waals surface area contributed by atoms with Crippen molar-refractivity contribution in [3.63, 3.8) is 0 Å². The average Bonchev–Trinajstić information content (AvgIpc) is 3.45. The maximum absolute atomic E-state index is 14.1. The molecule has 0 aromatic heterocycles. The highest BCUT2D eigenvalue weighted by molar-refractivity contribution is 6.00. The molecule has 2 fully saturated rings. The quantitative estimate of drug-likeness (QED) is 0.506. The van der Waals surface area contributed by atoms with E-state index in [1.807, 2.05) is 60.7 Å². The van der Waals surface area contributed by atoms with Crippen molar-refractivity contribution < 1.29 is 28.7 Å². The summed E-state index contributed by atoms with van der Waals surface area (Å²) in [6.07, 6.45) is 0. The van der Waals surface area contributed by atoms with Crippen molar-refractivity contribution in [2.75, 3.05) is 14.2 Å². The summed E-state index contributed by atoms with van der Waals surface area (Å²) in [6, 6.07) is 23.2. The number of amides is 2. The summed E-state index contributed by atoms with van der Waals surface area (Å²) in [4.78, 5) is 53.7. The minimum absolute atomic E-state index is 0.394. The molecule has 38 heavy (non-hydrogen) atoms. The monoisotopic (exact) mass is 513 g/mol. The molecule has 0 spiro atoms. The van der Waals surface area contributed by atoms with Gasteiger partial charge in [-0.25, -0.2) is 4.79 Å². The summed E-state index contributed by atoms with van der Waals surface area (Å²) in [5, 5.41) is 5.89. The number of esters is 2. The van der Waals surface area contributed by atoms with Crippen molar-refractivity contribution >= 4 is 23.8 Å².